The summed E-state index contributed by atoms with van der Waals surface area (Å²) in [7, 11) is 0. The fraction of sp³-hybridized carbons (Fsp3) is 0.105. The maximum absolute atomic E-state index is 13.6. The van der Waals surface area contributed by atoms with Gasteiger partial charge in [0.1, 0.15) is 23.7 Å². The van der Waals surface area contributed by atoms with Crippen LogP contribution in [0.4, 0.5) is 15.9 Å². The highest BCUT2D eigenvalue weighted by Crippen LogP contribution is 2.14. The molecule has 0 aliphatic heterocycles. The number of nitrogens with one attached hydrogen (secondary N) is 2. The first-order valence-electron chi connectivity index (χ1n) is 7.79. The van der Waals surface area contributed by atoms with Gasteiger partial charge in [-0.3, -0.25) is 4.79 Å². The fourth-order valence-corrected chi connectivity index (χ4v) is 2.23. The summed E-state index contributed by atoms with van der Waals surface area (Å²) in [6.07, 6.45) is 1.30. The van der Waals surface area contributed by atoms with Crippen molar-refractivity contribution < 1.29 is 9.18 Å². The average Bonchev–Trinajstić information content (AvgIpc) is 2.63. The number of amides is 1. The number of aromatic nitrogens is 2. The van der Waals surface area contributed by atoms with Gasteiger partial charge in [0.05, 0.1) is 5.69 Å². The molecule has 0 saturated heterocycles. The summed E-state index contributed by atoms with van der Waals surface area (Å²) in [5.74, 6) is -0.470. The number of anilines is 2. The molecule has 1 heterocycles. The molecule has 126 valence electrons. The van der Waals surface area contributed by atoms with E-state index in [4.69, 9.17) is 0 Å². The number of aryl methyl sites for hydroxylation is 1. The minimum atomic E-state index is -0.498. The summed E-state index contributed by atoms with van der Waals surface area (Å²) in [6.45, 7) is 2.60. The highest BCUT2D eigenvalue weighted by molar-refractivity contribution is 6.03. The Morgan fingerprint density at radius 2 is 1.84 bits per heavy atom. The van der Waals surface area contributed by atoms with Crippen LogP contribution in [0.3, 0.4) is 0 Å². The van der Waals surface area contributed by atoms with Crippen LogP contribution in [0.25, 0.3) is 0 Å². The predicted octanol–water partition coefficient (Wildman–Crippen LogP) is 3.79. The van der Waals surface area contributed by atoms with Gasteiger partial charge in [0, 0.05) is 12.6 Å². The Balaban J connectivity index is 1.67. The lowest BCUT2D eigenvalue weighted by molar-refractivity contribution is 0.102. The van der Waals surface area contributed by atoms with E-state index in [2.05, 4.69) is 20.6 Å². The van der Waals surface area contributed by atoms with Crippen LogP contribution >= 0.6 is 0 Å². The van der Waals surface area contributed by atoms with Crippen molar-refractivity contribution in [2.45, 2.75) is 13.5 Å². The Labute approximate surface area is 145 Å². The summed E-state index contributed by atoms with van der Waals surface area (Å²) in [5.41, 5.74) is 2.56. The molecular weight excluding hydrogens is 319 g/mol. The molecule has 0 unspecified atom stereocenters. The van der Waals surface area contributed by atoms with Crippen LogP contribution in [0.5, 0.6) is 0 Å². The minimum absolute atomic E-state index is 0.111. The SMILES string of the molecule is Cc1ccc(CNc2cc(C(=O)Nc3ccccc3F)ncn2)cc1. The topological polar surface area (TPSA) is 66.9 Å². The van der Waals surface area contributed by atoms with Crippen LogP contribution in [0.2, 0.25) is 0 Å². The number of halogens is 1. The number of hydrogen-bond donors (Lipinski definition) is 2. The Hall–Kier alpha value is -3.28. The normalized spacial score (nSPS) is 10.3. The van der Waals surface area contributed by atoms with Gasteiger partial charge in [-0.2, -0.15) is 0 Å². The third kappa shape index (κ3) is 4.38. The maximum Gasteiger partial charge on any atom is 0.274 e. The van der Waals surface area contributed by atoms with Gasteiger partial charge < -0.3 is 10.6 Å². The highest BCUT2D eigenvalue weighted by atomic mass is 19.1. The molecular formula is C19H17FN4O. The summed E-state index contributed by atoms with van der Waals surface area (Å²) >= 11 is 0. The standard InChI is InChI=1S/C19H17FN4O/c1-13-6-8-14(9-7-13)11-21-18-10-17(22-12-23-18)19(25)24-16-5-3-2-4-15(16)20/h2-10,12H,11H2,1H3,(H,24,25)(H,21,22,23). The van der Waals surface area contributed by atoms with Gasteiger partial charge >= 0.3 is 0 Å². The third-order valence-corrected chi connectivity index (χ3v) is 3.62. The van der Waals surface area contributed by atoms with Crippen LogP contribution in [0.15, 0.2) is 60.9 Å². The van der Waals surface area contributed by atoms with Gasteiger partial charge in [-0.25, -0.2) is 14.4 Å². The van der Waals surface area contributed by atoms with E-state index in [1.54, 1.807) is 12.1 Å². The second-order valence-electron chi connectivity index (χ2n) is 5.56. The predicted molar refractivity (Wildman–Crippen MR) is 94.9 cm³/mol. The number of nitrogens with zero attached hydrogens (tertiary/aromatic N) is 2. The van der Waals surface area contributed by atoms with E-state index >= 15 is 0 Å². The molecule has 0 radical (unpaired) electrons. The third-order valence-electron chi connectivity index (χ3n) is 3.62. The van der Waals surface area contributed by atoms with E-state index in [9.17, 15) is 9.18 Å². The van der Waals surface area contributed by atoms with Crippen LogP contribution in [-0.4, -0.2) is 15.9 Å². The lowest BCUT2D eigenvalue weighted by Crippen LogP contribution is -2.15. The molecule has 0 aliphatic carbocycles. The van der Waals surface area contributed by atoms with Crippen molar-refractivity contribution >= 4 is 17.4 Å². The monoisotopic (exact) mass is 336 g/mol. The van der Waals surface area contributed by atoms with Crippen LogP contribution in [0, 0.1) is 12.7 Å². The van der Waals surface area contributed by atoms with E-state index < -0.39 is 11.7 Å². The number of carbonyl (C=O) groups excluding carboxylic acids is 1. The number of para-hydroxylation sites is 1. The molecule has 2 aromatic carbocycles. The van der Waals surface area contributed by atoms with Gasteiger partial charge in [0.15, 0.2) is 0 Å². The summed E-state index contributed by atoms with van der Waals surface area (Å²) in [4.78, 5) is 20.3. The fourth-order valence-electron chi connectivity index (χ4n) is 2.23. The molecule has 0 bridgehead atoms. The first-order valence-corrected chi connectivity index (χ1v) is 7.79. The van der Waals surface area contributed by atoms with Gasteiger partial charge in [0.25, 0.3) is 5.91 Å². The van der Waals surface area contributed by atoms with Crippen LogP contribution < -0.4 is 10.6 Å². The Bertz CT molecular complexity index is 881. The molecule has 3 aromatic rings. The van der Waals surface area contributed by atoms with Crippen molar-refractivity contribution in [3.05, 3.63) is 83.6 Å². The first kappa shape index (κ1) is 16.6. The molecule has 0 aliphatic rings. The molecule has 0 spiro atoms. The van der Waals surface area contributed by atoms with Gasteiger partial charge in [0.2, 0.25) is 0 Å². The lowest BCUT2D eigenvalue weighted by atomic mass is 10.1. The van der Waals surface area contributed by atoms with Crippen LogP contribution in [-0.2, 0) is 6.54 Å². The zero-order valence-electron chi connectivity index (χ0n) is 13.7. The van der Waals surface area contributed by atoms with E-state index in [1.807, 2.05) is 31.2 Å². The minimum Gasteiger partial charge on any atom is -0.366 e. The number of rotatable bonds is 5. The molecule has 0 saturated carbocycles. The molecule has 5 nitrogen and oxygen atoms in total. The average molecular weight is 336 g/mol. The van der Waals surface area contributed by atoms with E-state index in [0.717, 1.165) is 5.56 Å². The number of benzene rings is 2. The van der Waals surface area contributed by atoms with Crippen molar-refractivity contribution in [3.8, 4) is 0 Å². The second kappa shape index (κ2) is 7.53. The largest absolute Gasteiger partial charge is 0.366 e. The van der Waals surface area contributed by atoms with Crippen LogP contribution in [0.1, 0.15) is 21.6 Å². The Morgan fingerprint density at radius 1 is 1.08 bits per heavy atom. The van der Waals surface area contributed by atoms with E-state index in [1.165, 1.54) is 30.1 Å². The summed E-state index contributed by atoms with van der Waals surface area (Å²) < 4.78 is 13.6. The van der Waals surface area contributed by atoms with Crippen molar-refractivity contribution in [2.75, 3.05) is 10.6 Å². The summed E-state index contributed by atoms with van der Waals surface area (Å²) in [5, 5.41) is 5.65. The summed E-state index contributed by atoms with van der Waals surface area (Å²) in [6, 6.07) is 15.6. The maximum atomic E-state index is 13.6. The molecule has 0 fully saturated rings. The molecule has 2 N–H and O–H groups in total. The number of hydrogen-bond acceptors (Lipinski definition) is 4. The van der Waals surface area contributed by atoms with Crippen molar-refractivity contribution in [1.82, 2.24) is 9.97 Å². The quantitative estimate of drug-likeness (QED) is 0.744. The van der Waals surface area contributed by atoms with Crippen molar-refractivity contribution in [2.24, 2.45) is 0 Å². The molecule has 6 heteroatoms. The smallest absolute Gasteiger partial charge is 0.274 e. The van der Waals surface area contributed by atoms with Crippen molar-refractivity contribution in [3.63, 3.8) is 0 Å². The van der Waals surface area contributed by atoms with Gasteiger partial charge in [-0.15, -0.1) is 0 Å². The van der Waals surface area contributed by atoms with E-state index in [0.29, 0.717) is 12.4 Å². The zero-order valence-corrected chi connectivity index (χ0v) is 13.7. The zero-order chi connectivity index (χ0) is 17.6. The molecule has 1 amide bonds. The highest BCUT2D eigenvalue weighted by Gasteiger charge is 2.11. The Kier molecular flexibility index (Phi) is 4.99. The van der Waals surface area contributed by atoms with Gasteiger partial charge in [-0.05, 0) is 24.6 Å². The number of carbonyl (C=O) groups is 1. The molecule has 0 atom stereocenters. The van der Waals surface area contributed by atoms with Crippen molar-refractivity contribution in [1.29, 1.82) is 0 Å². The van der Waals surface area contributed by atoms with E-state index in [-0.39, 0.29) is 11.4 Å². The molecule has 3 rings (SSSR count). The lowest BCUT2D eigenvalue weighted by Gasteiger charge is -2.08. The molecule has 1 aromatic heterocycles. The molecule has 25 heavy (non-hydrogen) atoms. The first-order chi connectivity index (χ1) is 12.1. The van der Waals surface area contributed by atoms with Gasteiger partial charge in [-0.1, -0.05) is 42.0 Å². The second-order valence-corrected chi connectivity index (χ2v) is 5.56. The Morgan fingerprint density at radius 3 is 2.60 bits per heavy atom.